The summed E-state index contributed by atoms with van der Waals surface area (Å²) in [6.45, 7) is 0.693. The molecule has 1 atom stereocenters. The van der Waals surface area contributed by atoms with Crippen LogP contribution in [0.25, 0.3) is 11.3 Å². The minimum Gasteiger partial charge on any atom is -0.497 e. The number of likely N-dealkylation sites (tertiary alicyclic amines) is 1. The van der Waals surface area contributed by atoms with Gasteiger partial charge in [0.2, 0.25) is 5.91 Å². The van der Waals surface area contributed by atoms with Gasteiger partial charge in [-0.25, -0.2) is 4.98 Å². The number of ether oxygens (including phenoxy) is 1. The summed E-state index contributed by atoms with van der Waals surface area (Å²) in [6, 6.07) is 11.1. The van der Waals surface area contributed by atoms with Crippen molar-refractivity contribution in [1.82, 2.24) is 14.9 Å². The van der Waals surface area contributed by atoms with Crippen LogP contribution < -0.4 is 10.3 Å². The van der Waals surface area contributed by atoms with Crippen molar-refractivity contribution in [2.24, 2.45) is 0 Å². The van der Waals surface area contributed by atoms with Gasteiger partial charge >= 0.3 is 0 Å². The summed E-state index contributed by atoms with van der Waals surface area (Å²) in [6.07, 6.45) is 3.89. The average molecular weight is 424 g/mol. The number of aromatic nitrogens is 2. The van der Waals surface area contributed by atoms with E-state index in [0.717, 1.165) is 36.1 Å². The Hall–Kier alpha value is -2.93. The Balaban J connectivity index is 1.51. The van der Waals surface area contributed by atoms with E-state index in [-0.39, 0.29) is 17.5 Å². The van der Waals surface area contributed by atoms with Crippen molar-refractivity contribution in [3.8, 4) is 17.0 Å². The summed E-state index contributed by atoms with van der Waals surface area (Å²) < 4.78 is 5.19. The number of aromatic amines is 1. The fraction of sp³-hybridized carbons (Fsp3) is 0.348. The maximum atomic E-state index is 13.1. The van der Waals surface area contributed by atoms with Crippen LogP contribution in [-0.4, -0.2) is 34.4 Å². The van der Waals surface area contributed by atoms with Crippen LogP contribution in [-0.2, 0) is 11.2 Å². The number of methoxy groups -OCH3 is 1. The minimum atomic E-state index is -0.187. The zero-order valence-electron chi connectivity index (χ0n) is 17.0. The van der Waals surface area contributed by atoms with Crippen molar-refractivity contribution in [2.45, 2.75) is 38.1 Å². The van der Waals surface area contributed by atoms with E-state index in [1.807, 2.05) is 46.0 Å². The molecule has 2 aromatic heterocycles. The van der Waals surface area contributed by atoms with E-state index < -0.39 is 0 Å². The number of nitrogens with zero attached hydrogens (tertiary/aromatic N) is 2. The highest BCUT2D eigenvalue weighted by Crippen LogP contribution is 2.30. The molecule has 0 radical (unpaired) electrons. The number of carbonyl (C=O) groups is 1. The lowest BCUT2D eigenvalue weighted by atomic mass is 9.99. The van der Waals surface area contributed by atoms with Crippen molar-refractivity contribution < 1.29 is 9.53 Å². The highest BCUT2D eigenvalue weighted by atomic mass is 32.1. The predicted molar refractivity (Wildman–Crippen MR) is 118 cm³/mol. The number of hydrogen-bond donors (Lipinski definition) is 1. The Labute approximate surface area is 179 Å². The lowest BCUT2D eigenvalue weighted by Crippen LogP contribution is -2.40. The second kappa shape index (κ2) is 9.26. The molecule has 3 aromatic rings. The molecular weight excluding hydrogens is 398 g/mol. The molecule has 1 aromatic carbocycles. The molecule has 3 heterocycles. The third-order valence-electron chi connectivity index (χ3n) is 5.50. The van der Waals surface area contributed by atoms with Gasteiger partial charge in [-0.2, -0.15) is 11.3 Å². The first-order valence-electron chi connectivity index (χ1n) is 10.2. The summed E-state index contributed by atoms with van der Waals surface area (Å²) in [5.41, 5.74) is 2.51. The number of aryl methyl sites for hydroxylation is 1. The summed E-state index contributed by atoms with van der Waals surface area (Å²) in [5, 5.41) is 3.94. The molecule has 7 heteroatoms. The molecule has 1 saturated heterocycles. The summed E-state index contributed by atoms with van der Waals surface area (Å²) in [4.78, 5) is 34.8. The third-order valence-corrected chi connectivity index (χ3v) is 6.19. The van der Waals surface area contributed by atoms with Crippen molar-refractivity contribution in [3.05, 3.63) is 68.9 Å². The molecule has 0 bridgehead atoms. The van der Waals surface area contributed by atoms with E-state index in [1.165, 1.54) is 6.07 Å². The van der Waals surface area contributed by atoms with E-state index in [9.17, 15) is 9.59 Å². The summed E-state index contributed by atoms with van der Waals surface area (Å²) >= 11 is 1.57. The van der Waals surface area contributed by atoms with Gasteiger partial charge < -0.3 is 14.6 Å². The maximum absolute atomic E-state index is 13.1. The molecule has 1 fully saturated rings. The van der Waals surface area contributed by atoms with Gasteiger partial charge in [-0.05, 0) is 54.8 Å². The molecule has 1 aliphatic heterocycles. The Morgan fingerprint density at radius 3 is 2.83 bits per heavy atom. The van der Waals surface area contributed by atoms with Crippen molar-refractivity contribution in [3.63, 3.8) is 0 Å². The van der Waals surface area contributed by atoms with Crippen molar-refractivity contribution >= 4 is 17.2 Å². The number of amides is 1. The average Bonchev–Trinajstić information content (AvgIpc) is 3.32. The minimum absolute atomic E-state index is 0.0964. The molecule has 0 saturated carbocycles. The molecule has 30 heavy (non-hydrogen) atoms. The smallest absolute Gasteiger partial charge is 0.251 e. The van der Waals surface area contributed by atoms with Gasteiger partial charge in [-0.1, -0.05) is 12.1 Å². The lowest BCUT2D eigenvalue weighted by Gasteiger charge is -2.35. The van der Waals surface area contributed by atoms with Gasteiger partial charge in [0.1, 0.15) is 11.6 Å². The van der Waals surface area contributed by atoms with Crippen molar-refractivity contribution in [2.75, 3.05) is 13.7 Å². The van der Waals surface area contributed by atoms with Crippen molar-refractivity contribution in [1.29, 1.82) is 0 Å². The van der Waals surface area contributed by atoms with Crippen LogP contribution >= 0.6 is 11.3 Å². The van der Waals surface area contributed by atoms with Crippen LogP contribution in [0.2, 0.25) is 0 Å². The standard InChI is InChI=1S/C23H25N3O3S/c1-29-18-8-5-16(6-9-18)7-10-22(28)26-12-3-2-4-20(26)23-24-19(14-21(27)25-23)17-11-13-30-15-17/h5-6,8-9,11,13-15,20H,2-4,7,10,12H2,1H3,(H,24,25,27)/t20-/m0/s1. The first-order chi connectivity index (χ1) is 14.6. The number of thiophene rings is 1. The number of benzene rings is 1. The fourth-order valence-corrected chi connectivity index (χ4v) is 4.54. The SMILES string of the molecule is COc1ccc(CCC(=O)N2CCCC[C@H]2c2nc(-c3ccsc3)cc(=O)[nH]2)cc1. The highest BCUT2D eigenvalue weighted by Gasteiger charge is 2.29. The van der Waals surface area contributed by atoms with Gasteiger partial charge in [0, 0.05) is 30.0 Å². The zero-order chi connectivity index (χ0) is 20.9. The van der Waals surface area contributed by atoms with Gasteiger partial charge in [0.15, 0.2) is 0 Å². The van der Waals surface area contributed by atoms with Crippen LogP contribution in [0.15, 0.2) is 52.0 Å². The summed E-state index contributed by atoms with van der Waals surface area (Å²) in [7, 11) is 1.64. The lowest BCUT2D eigenvalue weighted by molar-refractivity contribution is -0.135. The van der Waals surface area contributed by atoms with Gasteiger partial charge in [0.05, 0.1) is 18.8 Å². The fourth-order valence-electron chi connectivity index (χ4n) is 3.89. The predicted octanol–water partition coefficient (Wildman–Crippen LogP) is 4.19. The Kier molecular flexibility index (Phi) is 6.28. The molecule has 0 spiro atoms. The highest BCUT2D eigenvalue weighted by molar-refractivity contribution is 7.08. The first-order valence-corrected chi connectivity index (χ1v) is 11.1. The number of hydrogen-bond acceptors (Lipinski definition) is 5. The van der Waals surface area contributed by atoms with E-state index >= 15 is 0 Å². The number of nitrogens with one attached hydrogen (secondary N) is 1. The molecular formula is C23H25N3O3S. The van der Waals surface area contributed by atoms with Crippen LogP contribution in [0.5, 0.6) is 5.75 Å². The molecule has 4 rings (SSSR count). The molecule has 0 unspecified atom stereocenters. The van der Waals surface area contributed by atoms with E-state index in [2.05, 4.69) is 4.98 Å². The van der Waals surface area contributed by atoms with E-state index in [0.29, 0.717) is 30.9 Å². The Bertz CT molecular complexity index is 1040. The molecule has 0 aliphatic carbocycles. The maximum Gasteiger partial charge on any atom is 0.251 e. The van der Waals surface area contributed by atoms with E-state index in [4.69, 9.17) is 9.72 Å². The third kappa shape index (κ3) is 4.62. The summed E-state index contributed by atoms with van der Waals surface area (Å²) in [5.74, 6) is 1.49. The molecule has 156 valence electrons. The number of H-pyrrole nitrogens is 1. The van der Waals surface area contributed by atoms with Gasteiger partial charge in [-0.15, -0.1) is 0 Å². The molecule has 1 N–H and O–H groups in total. The van der Waals surface area contributed by atoms with E-state index in [1.54, 1.807) is 18.4 Å². The monoisotopic (exact) mass is 423 g/mol. The van der Waals surface area contributed by atoms with Gasteiger partial charge in [0.25, 0.3) is 5.56 Å². The Morgan fingerprint density at radius 2 is 2.10 bits per heavy atom. The van der Waals surface area contributed by atoms with Crippen LogP contribution in [0.4, 0.5) is 0 Å². The first kappa shape index (κ1) is 20.3. The van der Waals surface area contributed by atoms with Crippen LogP contribution in [0, 0.1) is 0 Å². The molecule has 6 nitrogen and oxygen atoms in total. The topological polar surface area (TPSA) is 75.3 Å². The second-order valence-electron chi connectivity index (χ2n) is 7.47. The number of carbonyl (C=O) groups excluding carboxylic acids is 1. The normalized spacial score (nSPS) is 16.4. The van der Waals surface area contributed by atoms with Gasteiger partial charge in [-0.3, -0.25) is 9.59 Å². The molecule has 1 aliphatic rings. The zero-order valence-corrected chi connectivity index (χ0v) is 17.8. The number of rotatable bonds is 6. The quantitative estimate of drug-likeness (QED) is 0.645. The number of piperidine rings is 1. The Morgan fingerprint density at radius 1 is 1.27 bits per heavy atom. The molecule has 1 amide bonds. The second-order valence-corrected chi connectivity index (χ2v) is 8.25. The largest absolute Gasteiger partial charge is 0.497 e. The van der Waals surface area contributed by atoms with Crippen LogP contribution in [0.3, 0.4) is 0 Å². The van der Waals surface area contributed by atoms with Crippen LogP contribution in [0.1, 0.15) is 43.1 Å².